The number of benzene rings is 2. The van der Waals surface area contributed by atoms with E-state index < -0.39 is 0 Å². The molecule has 3 rings (SSSR count). The lowest BCUT2D eigenvalue weighted by Crippen LogP contribution is -2.33. The maximum atomic E-state index is 4.73. The van der Waals surface area contributed by atoms with E-state index in [9.17, 15) is 0 Å². The fraction of sp³-hybridized carbons (Fsp3) is 0.348. The zero-order chi connectivity index (χ0) is 17.9. The zero-order valence-electron chi connectivity index (χ0n) is 15.7. The van der Waals surface area contributed by atoms with Crippen molar-refractivity contribution in [3.05, 3.63) is 90.0 Å². The number of rotatable bonds is 6. The van der Waals surface area contributed by atoms with Crippen LogP contribution in [0.2, 0.25) is 0 Å². The summed E-state index contributed by atoms with van der Waals surface area (Å²) in [5.74, 6) is 1.46. The molecule has 2 nitrogen and oxygen atoms in total. The van der Waals surface area contributed by atoms with Crippen molar-refractivity contribution < 1.29 is 0 Å². The fourth-order valence-corrected chi connectivity index (χ4v) is 3.73. The molecule has 2 aromatic carbocycles. The van der Waals surface area contributed by atoms with Crippen molar-refractivity contribution in [2.24, 2.45) is 0 Å². The molecule has 130 valence electrons. The Morgan fingerprint density at radius 2 is 1.52 bits per heavy atom. The third-order valence-electron chi connectivity index (χ3n) is 5.45. The third-order valence-corrected chi connectivity index (χ3v) is 5.45. The molecule has 0 N–H and O–H groups in total. The van der Waals surface area contributed by atoms with Crippen molar-refractivity contribution in [3.63, 3.8) is 0 Å². The van der Waals surface area contributed by atoms with Gasteiger partial charge in [0.25, 0.3) is 0 Å². The SMILES string of the molecule is CC(C)n1ccnc1C(C)C(C)(Cc1ccccc1)c1ccccc1. The first kappa shape index (κ1) is 17.5. The van der Waals surface area contributed by atoms with Crippen LogP contribution in [-0.4, -0.2) is 9.55 Å². The van der Waals surface area contributed by atoms with Gasteiger partial charge in [0.1, 0.15) is 5.82 Å². The maximum Gasteiger partial charge on any atom is 0.112 e. The minimum atomic E-state index is -0.0272. The van der Waals surface area contributed by atoms with Crippen LogP contribution in [0, 0.1) is 0 Å². The summed E-state index contributed by atoms with van der Waals surface area (Å²) in [6, 6.07) is 22.1. The highest BCUT2D eigenvalue weighted by molar-refractivity contribution is 5.33. The van der Waals surface area contributed by atoms with Gasteiger partial charge >= 0.3 is 0 Å². The quantitative estimate of drug-likeness (QED) is 0.560. The first-order chi connectivity index (χ1) is 12.0. The second kappa shape index (κ2) is 7.26. The monoisotopic (exact) mass is 332 g/mol. The molecule has 0 amide bonds. The van der Waals surface area contributed by atoms with Gasteiger partial charge in [0.15, 0.2) is 0 Å². The van der Waals surface area contributed by atoms with E-state index in [0.29, 0.717) is 12.0 Å². The van der Waals surface area contributed by atoms with Crippen molar-refractivity contribution in [1.29, 1.82) is 0 Å². The van der Waals surface area contributed by atoms with Gasteiger partial charge in [-0.25, -0.2) is 4.98 Å². The first-order valence-electron chi connectivity index (χ1n) is 9.14. The third kappa shape index (κ3) is 3.53. The van der Waals surface area contributed by atoms with E-state index in [4.69, 9.17) is 4.98 Å². The van der Waals surface area contributed by atoms with Crippen molar-refractivity contribution in [2.75, 3.05) is 0 Å². The average molecular weight is 332 g/mol. The average Bonchev–Trinajstić information content (AvgIpc) is 3.12. The molecule has 2 atom stereocenters. The van der Waals surface area contributed by atoms with Gasteiger partial charge in [0.05, 0.1) is 0 Å². The van der Waals surface area contributed by atoms with Gasteiger partial charge < -0.3 is 4.57 Å². The highest BCUT2D eigenvalue weighted by Gasteiger charge is 2.36. The van der Waals surface area contributed by atoms with Crippen molar-refractivity contribution in [1.82, 2.24) is 9.55 Å². The van der Waals surface area contributed by atoms with Crippen molar-refractivity contribution in [2.45, 2.75) is 51.5 Å². The van der Waals surface area contributed by atoms with Crippen LogP contribution in [0.4, 0.5) is 0 Å². The molecule has 2 unspecified atom stereocenters. The summed E-state index contributed by atoms with van der Waals surface area (Å²) in [6.45, 7) is 9.13. The first-order valence-corrected chi connectivity index (χ1v) is 9.14. The molecular weight excluding hydrogens is 304 g/mol. The molecule has 3 aromatic rings. The van der Waals surface area contributed by atoms with E-state index in [2.05, 4.69) is 99.1 Å². The molecule has 1 aromatic heterocycles. The van der Waals surface area contributed by atoms with Crippen LogP contribution in [0.5, 0.6) is 0 Å². The number of aromatic nitrogens is 2. The lowest BCUT2D eigenvalue weighted by molar-refractivity contribution is 0.363. The van der Waals surface area contributed by atoms with Crippen LogP contribution < -0.4 is 0 Å². The summed E-state index contributed by atoms with van der Waals surface area (Å²) in [6.07, 6.45) is 5.02. The standard InChI is InChI=1S/C23H28N2/c1-18(2)25-16-15-24-22(25)19(3)23(4,21-13-9-6-10-14-21)17-20-11-7-5-8-12-20/h5-16,18-19H,17H2,1-4H3. The molecule has 0 spiro atoms. The Labute approximate surface area is 151 Å². The normalized spacial score (nSPS) is 15.1. The van der Waals surface area contributed by atoms with Crippen LogP contribution in [0.15, 0.2) is 73.1 Å². The van der Waals surface area contributed by atoms with E-state index in [0.717, 1.165) is 12.2 Å². The predicted molar refractivity (Wildman–Crippen MR) is 105 cm³/mol. The number of hydrogen-bond donors (Lipinski definition) is 0. The van der Waals surface area contributed by atoms with E-state index in [1.165, 1.54) is 11.1 Å². The lowest BCUT2D eigenvalue weighted by atomic mass is 9.68. The molecule has 0 saturated carbocycles. The molecule has 0 aliphatic rings. The van der Waals surface area contributed by atoms with Gasteiger partial charge in [-0.2, -0.15) is 0 Å². The summed E-state index contributed by atoms with van der Waals surface area (Å²) >= 11 is 0. The molecule has 0 saturated heterocycles. The van der Waals surface area contributed by atoms with Crippen LogP contribution in [0.1, 0.15) is 56.6 Å². The van der Waals surface area contributed by atoms with Crippen LogP contribution in [0.3, 0.4) is 0 Å². The molecule has 0 aliphatic carbocycles. The Bertz CT molecular complexity index is 789. The maximum absolute atomic E-state index is 4.73. The summed E-state index contributed by atoms with van der Waals surface area (Å²) in [4.78, 5) is 4.73. The Hall–Kier alpha value is -2.35. The molecule has 0 bridgehead atoms. The topological polar surface area (TPSA) is 17.8 Å². The predicted octanol–water partition coefficient (Wildman–Crippen LogP) is 5.77. The molecular formula is C23H28N2. The van der Waals surface area contributed by atoms with Crippen LogP contribution >= 0.6 is 0 Å². The number of imidazole rings is 1. The van der Waals surface area contributed by atoms with Gasteiger partial charge in [-0.3, -0.25) is 0 Å². The molecule has 2 heteroatoms. The largest absolute Gasteiger partial charge is 0.332 e. The fourth-order valence-electron chi connectivity index (χ4n) is 3.73. The van der Waals surface area contributed by atoms with Gasteiger partial charge in [-0.05, 0) is 31.4 Å². The molecule has 0 radical (unpaired) electrons. The van der Waals surface area contributed by atoms with E-state index in [1.807, 2.05) is 6.20 Å². The van der Waals surface area contributed by atoms with Crippen LogP contribution in [0.25, 0.3) is 0 Å². The van der Waals surface area contributed by atoms with Gasteiger partial charge in [0, 0.05) is 29.8 Å². The van der Waals surface area contributed by atoms with E-state index in [-0.39, 0.29) is 5.41 Å². The van der Waals surface area contributed by atoms with Gasteiger partial charge in [-0.1, -0.05) is 74.5 Å². The smallest absolute Gasteiger partial charge is 0.112 e. The summed E-state index contributed by atoms with van der Waals surface area (Å²) in [5.41, 5.74) is 2.70. The molecule has 25 heavy (non-hydrogen) atoms. The van der Waals surface area contributed by atoms with E-state index >= 15 is 0 Å². The van der Waals surface area contributed by atoms with Crippen molar-refractivity contribution in [3.8, 4) is 0 Å². The molecule has 0 aliphatic heterocycles. The van der Waals surface area contributed by atoms with Gasteiger partial charge in [0.2, 0.25) is 0 Å². The minimum absolute atomic E-state index is 0.0272. The Balaban J connectivity index is 2.06. The van der Waals surface area contributed by atoms with Crippen molar-refractivity contribution >= 4 is 0 Å². The summed E-state index contributed by atoms with van der Waals surface area (Å²) in [5, 5.41) is 0. The lowest BCUT2D eigenvalue weighted by Gasteiger charge is -2.37. The molecule has 1 heterocycles. The summed E-state index contributed by atoms with van der Waals surface area (Å²) < 4.78 is 2.30. The second-order valence-corrected chi connectivity index (χ2v) is 7.45. The molecule has 0 fully saturated rings. The Morgan fingerprint density at radius 1 is 0.920 bits per heavy atom. The second-order valence-electron chi connectivity index (χ2n) is 7.45. The van der Waals surface area contributed by atoms with Crippen LogP contribution in [-0.2, 0) is 11.8 Å². The summed E-state index contributed by atoms with van der Waals surface area (Å²) in [7, 11) is 0. The Morgan fingerprint density at radius 3 is 2.12 bits per heavy atom. The van der Waals surface area contributed by atoms with E-state index in [1.54, 1.807) is 0 Å². The highest BCUT2D eigenvalue weighted by atomic mass is 15.1. The minimum Gasteiger partial charge on any atom is -0.332 e. The number of hydrogen-bond acceptors (Lipinski definition) is 1. The Kier molecular flexibility index (Phi) is 5.08. The zero-order valence-corrected chi connectivity index (χ0v) is 15.7. The van der Waals surface area contributed by atoms with Gasteiger partial charge in [-0.15, -0.1) is 0 Å². The number of nitrogens with zero attached hydrogens (tertiary/aromatic N) is 2. The highest BCUT2D eigenvalue weighted by Crippen LogP contribution is 2.41.